The van der Waals surface area contributed by atoms with E-state index in [0.717, 1.165) is 6.42 Å². The molecule has 2 fully saturated rings. The van der Waals surface area contributed by atoms with E-state index in [1.54, 1.807) is 24.3 Å². The van der Waals surface area contributed by atoms with Crippen LogP contribution < -0.4 is 10.1 Å². The van der Waals surface area contributed by atoms with Gasteiger partial charge in [-0.05, 0) is 36.6 Å². The van der Waals surface area contributed by atoms with Gasteiger partial charge in [0.25, 0.3) is 5.91 Å². The van der Waals surface area contributed by atoms with Crippen LogP contribution in [-0.2, 0) is 4.79 Å². The van der Waals surface area contributed by atoms with E-state index in [1.165, 1.54) is 19.3 Å². The molecule has 0 spiro atoms. The predicted octanol–water partition coefficient (Wildman–Crippen LogP) is 2.92. The van der Waals surface area contributed by atoms with Gasteiger partial charge in [-0.25, -0.2) is 0 Å². The zero-order valence-corrected chi connectivity index (χ0v) is 13.3. The van der Waals surface area contributed by atoms with Gasteiger partial charge >= 0.3 is 0 Å². The molecule has 0 aliphatic heterocycles. The van der Waals surface area contributed by atoms with E-state index < -0.39 is 5.60 Å². The number of hydrogen-bond acceptors (Lipinski definition) is 3. The molecule has 22 heavy (non-hydrogen) atoms. The topological polar surface area (TPSA) is 58.6 Å². The minimum absolute atomic E-state index is 0.0146. The Hall–Kier alpha value is -1.26. The standard InChI is InChI=1S/C17H22ClNO3/c18-13-4-6-15(7-5-13)22-17(8-9-17)16(21)19-14(11-20)10-12-2-1-3-12/h4-7,12,14,20H,1-3,8-11H2,(H,19,21). The van der Waals surface area contributed by atoms with Crippen molar-refractivity contribution < 1.29 is 14.6 Å². The van der Waals surface area contributed by atoms with Crippen LogP contribution in [0.5, 0.6) is 5.75 Å². The fourth-order valence-electron chi connectivity index (χ4n) is 2.84. The van der Waals surface area contributed by atoms with Crippen LogP contribution in [0.3, 0.4) is 0 Å². The summed E-state index contributed by atoms with van der Waals surface area (Å²) in [6.45, 7) is -0.0146. The van der Waals surface area contributed by atoms with E-state index in [1.807, 2.05) is 0 Å². The first kappa shape index (κ1) is 15.6. The number of amides is 1. The van der Waals surface area contributed by atoms with Crippen molar-refractivity contribution in [1.82, 2.24) is 5.32 Å². The summed E-state index contributed by atoms with van der Waals surface area (Å²) in [7, 11) is 0. The Morgan fingerprint density at radius 1 is 1.36 bits per heavy atom. The number of benzene rings is 1. The third-order valence-corrected chi connectivity index (χ3v) is 4.89. The Morgan fingerprint density at radius 2 is 2.05 bits per heavy atom. The van der Waals surface area contributed by atoms with Crippen molar-refractivity contribution in [3.63, 3.8) is 0 Å². The summed E-state index contributed by atoms with van der Waals surface area (Å²) in [5.74, 6) is 1.18. The summed E-state index contributed by atoms with van der Waals surface area (Å²) in [4.78, 5) is 12.5. The van der Waals surface area contributed by atoms with Gasteiger partial charge in [-0.1, -0.05) is 30.9 Å². The van der Waals surface area contributed by atoms with Crippen molar-refractivity contribution in [3.05, 3.63) is 29.3 Å². The molecule has 0 radical (unpaired) electrons. The van der Waals surface area contributed by atoms with Gasteiger partial charge < -0.3 is 15.2 Å². The number of aliphatic hydroxyl groups excluding tert-OH is 1. The second-order valence-electron chi connectivity index (χ2n) is 6.44. The molecule has 0 bridgehead atoms. The highest BCUT2D eigenvalue weighted by Crippen LogP contribution is 2.41. The SMILES string of the molecule is O=C(NC(CO)CC1CCC1)C1(Oc2ccc(Cl)cc2)CC1. The summed E-state index contributed by atoms with van der Waals surface area (Å²) in [5, 5.41) is 13.1. The number of aliphatic hydroxyl groups is 1. The van der Waals surface area contributed by atoms with Crippen molar-refractivity contribution in [3.8, 4) is 5.75 Å². The molecule has 2 aliphatic carbocycles. The summed E-state index contributed by atoms with van der Waals surface area (Å²) in [6.07, 6.45) is 5.96. The Bertz CT molecular complexity index is 523. The molecule has 1 aromatic rings. The Balaban J connectivity index is 1.56. The minimum Gasteiger partial charge on any atom is -0.477 e. The van der Waals surface area contributed by atoms with E-state index in [0.29, 0.717) is 29.5 Å². The largest absolute Gasteiger partial charge is 0.477 e. The molecule has 120 valence electrons. The fraction of sp³-hybridized carbons (Fsp3) is 0.588. The Labute approximate surface area is 135 Å². The normalized spacial score (nSPS) is 20.8. The molecule has 5 heteroatoms. The number of carbonyl (C=O) groups is 1. The second-order valence-corrected chi connectivity index (χ2v) is 6.87. The zero-order chi connectivity index (χ0) is 15.6. The number of hydrogen-bond donors (Lipinski definition) is 2. The predicted molar refractivity (Wildman–Crippen MR) is 85.0 cm³/mol. The van der Waals surface area contributed by atoms with Crippen LogP contribution >= 0.6 is 11.6 Å². The number of nitrogens with one attached hydrogen (secondary N) is 1. The zero-order valence-electron chi connectivity index (χ0n) is 12.6. The molecule has 0 aromatic heterocycles. The number of ether oxygens (including phenoxy) is 1. The molecule has 1 aromatic carbocycles. The molecule has 2 N–H and O–H groups in total. The average molecular weight is 324 g/mol. The number of carbonyl (C=O) groups excluding carboxylic acids is 1. The molecule has 1 amide bonds. The van der Waals surface area contributed by atoms with Crippen LogP contribution in [0.4, 0.5) is 0 Å². The summed E-state index contributed by atoms with van der Waals surface area (Å²) < 4.78 is 5.87. The van der Waals surface area contributed by atoms with Crippen molar-refractivity contribution in [2.45, 2.75) is 50.2 Å². The first-order valence-electron chi connectivity index (χ1n) is 7.98. The smallest absolute Gasteiger partial charge is 0.264 e. The van der Waals surface area contributed by atoms with Gasteiger partial charge in [0, 0.05) is 17.9 Å². The quantitative estimate of drug-likeness (QED) is 0.811. The third kappa shape index (κ3) is 3.55. The molecular formula is C17H22ClNO3. The molecule has 2 saturated carbocycles. The molecule has 1 atom stereocenters. The van der Waals surface area contributed by atoms with Crippen molar-refractivity contribution in [2.24, 2.45) is 5.92 Å². The molecule has 0 heterocycles. The molecular weight excluding hydrogens is 302 g/mol. The lowest BCUT2D eigenvalue weighted by Gasteiger charge is -2.30. The van der Waals surface area contributed by atoms with Gasteiger partial charge in [0.1, 0.15) is 5.75 Å². The van der Waals surface area contributed by atoms with Crippen molar-refractivity contribution in [2.75, 3.05) is 6.61 Å². The monoisotopic (exact) mass is 323 g/mol. The van der Waals surface area contributed by atoms with Gasteiger partial charge in [0.2, 0.25) is 0 Å². The van der Waals surface area contributed by atoms with E-state index in [4.69, 9.17) is 16.3 Å². The molecule has 2 aliphatic rings. The molecule has 0 saturated heterocycles. The Kier molecular flexibility index (Phi) is 4.59. The molecule has 4 nitrogen and oxygen atoms in total. The lowest BCUT2D eigenvalue weighted by Crippen LogP contribution is -2.47. The minimum atomic E-state index is -0.763. The maximum absolute atomic E-state index is 12.5. The van der Waals surface area contributed by atoms with Crippen LogP contribution in [0.1, 0.15) is 38.5 Å². The highest BCUT2D eigenvalue weighted by Gasteiger charge is 2.53. The Morgan fingerprint density at radius 3 is 2.55 bits per heavy atom. The highest BCUT2D eigenvalue weighted by molar-refractivity contribution is 6.30. The van der Waals surface area contributed by atoms with Gasteiger partial charge in [-0.3, -0.25) is 4.79 Å². The summed E-state index contributed by atoms with van der Waals surface area (Å²) in [5.41, 5.74) is -0.763. The third-order valence-electron chi connectivity index (χ3n) is 4.64. The van der Waals surface area contributed by atoms with Crippen molar-refractivity contribution in [1.29, 1.82) is 0 Å². The van der Waals surface area contributed by atoms with Gasteiger partial charge in [0.15, 0.2) is 5.60 Å². The second kappa shape index (κ2) is 6.47. The number of rotatable bonds is 7. The highest BCUT2D eigenvalue weighted by atomic mass is 35.5. The van der Waals surface area contributed by atoms with Crippen LogP contribution in [0.25, 0.3) is 0 Å². The lowest BCUT2D eigenvalue weighted by atomic mass is 9.81. The van der Waals surface area contributed by atoms with Crippen LogP contribution in [-0.4, -0.2) is 29.3 Å². The molecule has 1 unspecified atom stereocenters. The molecule has 3 rings (SSSR count). The van der Waals surface area contributed by atoms with Crippen LogP contribution in [0.15, 0.2) is 24.3 Å². The van der Waals surface area contributed by atoms with Gasteiger partial charge in [-0.15, -0.1) is 0 Å². The van der Waals surface area contributed by atoms with Crippen molar-refractivity contribution >= 4 is 17.5 Å². The van der Waals surface area contributed by atoms with Crippen LogP contribution in [0, 0.1) is 5.92 Å². The fourth-order valence-corrected chi connectivity index (χ4v) is 2.97. The summed E-state index contributed by atoms with van der Waals surface area (Å²) in [6, 6.07) is 6.88. The maximum atomic E-state index is 12.5. The van der Waals surface area contributed by atoms with Gasteiger partial charge in [-0.2, -0.15) is 0 Å². The number of halogens is 1. The first-order chi connectivity index (χ1) is 10.6. The van der Waals surface area contributed by atoms with E-state index in [2.05, 4.69) is 5.32 Å². The maximum Gasteiger partial charge on any atom is 0.264 e. The van der Waals surface area contributed by atoms with Gasteiger partial charge in [0.05, 0.1) is 12.6 Å². The average Bonchev–Trinajstić information content (AvgIpc) is 3.24. The van der Waals surface area contributed by atoms with E-state index >= 15 is 0 Å². The van der Waals surface area contributed by atoms with Crippen LogP contribution in [0.2, 0.25) is 5.02 Å². The first-order valence-corrected chi connectivity index (χ1v) is 8.35. The summed E-state index contributed by atoms with van der Waals surface area (Å²) >= 11 is 5.85. The lowest BCUT2D eigenvalue weighted by molar-refractivity contribution is -0.131. The van der Waals surface area contributed by atoms with E-state index in [-0.39, 0.29) is 18.6 Å². The van der Waals surface area contributed by atoms with E-state index in [9.17, 15) is 9.90 Å².